The van der Waals surface area contributed by atoms with Gasteiger partial charge < -0.3 is 0 Å². The van der Waals surface area contributed by atoms with Crippen molar-refractivity contribution in [2.75, 3.05) is 0 Å². The zero-order valence-electron chi connectivity index (χ0n) is 9.22. The molecular weight excluding hydrogens is 274 g/mol. The first-order chi connectivity index (χ1) is 7.58. The van der Waals surface area contributed by atoms with Crippen molar-refractivity contribution in [3.63, 3.8) is 0 Å². The first-order valence-electron chi connectivity index (χ1n) is 5.66. The third-order valence-electron chi connectivity index (χ3n) is 3.35. The predicted octanol–water partition coefficient (Wildman–Crippen LogP) is 4.32. The van der Waals surface area contributed by atoms with Crippen LogP contribution in [0.15, 0.2) is 18.2 Å². The van der Waals surface area contributed by atoms with Gasteiger partial charge in [-0.15, -0.1) is 0 Å². The molecule has 0 amide bonds. The average Bonchev–Trinajstić information content (AvgIpc) is 3.06. The molecule has 1 aliphatic rings. The van der Waals surface area contributed by atoms with E-state index in [0.29, 0.717) is 10.7 Å². The first-order valence-corrected chi connectivity index (χ1v) is 6.57. The van der Waals surface area contributed by atoms with Gasteiger partial charge in [-0.25, -0.2) is 8.78 Å². The fourth-order valence-electron chi connectivity index (χ4n) is 1.99. The van der Waals surface area contributed by atoms with Gasteiger partial charge in [0, 0.05) is 4.83 Å². The Morgan fingerprint density at radius 2 is 2.00 bits per heavy atom. The largest absolute Gasteiger partial charge is 0.204 e. The fourth-order valence-corrected chi connectivity index (χ4v) is 2.80. The Hall–Kier alpha value is -0.440. The molecule has 0 spiro atoms. The highest BCUT2D eigenvalue weighted by atomic mass is 79.9. The van der Waals surface area contributed by atoms with Gasteiger partial charge in [0.2, 0.25) is 0 Å². The number of rotatable bonds is 4. The van der Waals surface area contributed by atoms with Gasteiger partial charge in [0.1, 0.15) is 0 Å². The van der Waals surface area contributed by atoms with Crippen molar-refractivity contribution in [1.82, 2.24) is 0 Å². The Morgan fingerprint density at radius 3 is 2.56 bits per heavy atom. The maximum absolute atomic E-state index is 13.0. The summed E-state index contributed by atoms with van der Waals surface area (Å²) in [4.78, 5) is 0.352. The van der Waals surface area contributed by atoms with E-state index in [1.54, 1.807) is 6.07 Å². The number of benzene rings is 1. The Bertz CT molecular complexity index is 374. The summed E-state index contributed by atoms with van der Waals surface area (Å²) in [5.74, 6) is -0.107. The smallest absolute Gasteiger partial charge is 0.159 e. The zero-order chi connectivity index (χ0) is 11.7. The molecule has 0 bridgehead atoms. The molecule has 2 atom stereocenters. The van der Waals surface area contributed by atoms with Crippen molar-refractivity contribution in [1.29, 1.82) is 0 Å². The van der Waals surface area contributed by atoms with Crippen LogP contribution in [0.2, 0.25) is 0 Å². The van der Waals surface area contributed by atoms with Gasteiger partial charge in [-0.1, -0.05) is 28.9 Å². The summed E-state index contributed by atoms with van der Waals surface area (Å²) in [5, 5.41) is 0. The second-order valence-corrected chi connectivity index (χ2v) is 5.84. The lowest BCUT2D eigenvalue weighted by atomic mass is 9.97. The van der Waals surface area contributed by atoms with Crippen LogP contribution >= 0.6 is 15.9 Å². The zero-order valence-corrected chi connectivity index (χ0v) is 10.8. The van der Waals surface area contributed by atoms with Gasteiger partial charge in [0.25, 0.3) is 0 Å². The molecular formula is C13H15BrF2. The number of alkyl halides is 1. The molecule has 3 heteroatoms. The third kappa shape index (κ3) is 2.82. The average molecular weight is 289 g/mol. The lowest BCUT2D eigenvalue weighted by molar-refractivity contribution is 0.485. The first kappa shape index (κ1) is 12.0. The van der Waals surface area contributed by atoms with Crippen LogP contribution in [0, 0.1) is 23.5 Å². The van der Waals surface area contributed by atoms with E-state index in [1.807, 2.05) is 0 Å². The van der Waals surface area contributed by atoms with E-state index in [0.717, 1.165) is 17.9 Å². The van der Waals surface area contributed by atoms with Gasteiger partial charge in [-0.2, -0.15) is 0 Å². The topological polar surface area (TPSA) is 0 Å². The van der Waals surface area contributed by atoms with Crippen LogP contribution in [-0.2, 0) is 6.42 Å². The normalized spacial score (nSPS) is 19.5. The minimum absolute atomic E-state index is 0.352. The monoisotopic (exact) mass is 288 g/mol. The number of hydrogen-bond acceptors (Lipinski definition) is 0. The van der Waals surface area contributed by atoms with Crippen LogP contribution in [0.1, 0.15) is 25.3 Å². The van der Waals surface area contributed by atoms with Crippen molar-refractivity contribution in [2.24, 2.45) is 11.8 Å². The number of halogens is 3. The Kier molecular flexibility index (Phi) is 3.63. The molecule has 1 saturated carbocycles. The van der Waals surface area contributed by atoms with Gasteiger partial charge in [-0.3, -0.25) is 0 Å². The summed E-state index contributed by atoms with van der Waals surface area (Å²) in [5.41, 5.74) is 0.855. The van der Waals surface area contributed by atoms with E-state index in [2.05, 4.69) is 22.9 Å². The molecule has 0 saturated heterocycles. The Morgan fingerprint density at radius 1 is 1.31 bits per heavy atom. The van der Waals surface area contributed by atoms with Crippen molar-refractivity contribution >= 4 is 15.9 Å². The van der Waals surface area contributed by atoms with Gasteiger partial charge in [-0.05, 0) is 48.8 Å². The molecule has 1 aromatic carbocycles. The predicted molar refractivity (Wildman–Crippen MR) is 64.7 cm³/mol. The van der Waals surface area contributed by atoms with Gasteiger partial charge in [0.05, 0.1) is 0 Å². The van der Waals surface area contributed by atoms with Crippen molar-refractivity contribution in [3.8, 4) is 0 Å². The second kappa shape index (κ2) is 4.82. The van der Waals surface area contributed by atoms with Crippen molar-refractivity contribution in [2.45, 2.75) is 31.0 Å². The Balaban J connectivity index is 1.99. The highest BCUT2D eigenvalue weighted by Gasteiger charge is 2.32. The number of hydrogen-bond donors (Lipinski definition) is 0. The Labute approximate surface area is 103 Å². The molecule has 1 aliphatic carbocycles. The molecule has 0 nitrogen and oxygen atoms in total. The van der Waals surface area contributed by atoms with Crippen LogP contribution in [0.25, 0.3) is 0 Å². The quantitative estimate of drug-likeness (QED) is 0.724. The molecule has 0 radical (unpaired) electrons. The fraction of sp³-hybridized carbons (Fsp3) is 0.538. The molecule has 2 unspecified atom stereocenters. The molecule has 0 aliphatic heterocycles. The third-order valence-corrected chi connectivity index (χ3v) is 4.51. The summed E-state index contributed by atoms with van der Waals surface area (Å²) in [6.07, 6.45) is 3.37. The molecule has 0 heterocycles. The summed E-state index contributed by atoms with van der Waals surface area (Å²) in [6, 6.07) is 4.15. The lowest BCUT2D eigenvalue weighted by Gasteiger charge is -2.17. The van der Waals surface area contributed by atoms with E-state index in [-0.39, 0.29) is 0 Å². The summed E-state index contributed by atoms with van der Waals surface area (Å²) >= 11 is 3.65. The van der Waals surface area contributed by atoms with Gasteiger partial charge in [0.15, 0.2) is 11.6 Å². The van der Waals surface area contributed by atoms with E-state index in [4.69, 9.17) is 0 Å². The van der Waals surface area contributed by atoms with Gasteiger partial charge >= 0.3 is 0 Å². The van der Waals surface area contributed by atoms with Crippen LogP contribution in [0.3, 0.4) is 0 Å². The van der Waals surface area contributed by atoms with E-state index in [1.165, 1.54) is 25.0 Å². The van der Waals surface area contributed by atoms with Crippen LogP contribution in [-0.4, -0.2) is 4.83 Å². The summed E-state index contributed by atoms with van der Waals surface area (Å²) in [6.45, 7) is 2.22. The molecule has 1 aromatic rings. The minimum Gasteiger partial charge on any atom is -0.204 e. The second-order valence-electron chi connectivity index (χ2n) is 4.67. The molecule has 0 N–H and O–H groups in total. The standard InChI is InChI=1S/C13H15BrF2/c1-8(10-3-4-10)11(14)6-9-2-5-12(15)13(16)7-9/h2,5,7-8,10-11H,3-4,6H2,1H3. The van der Waals surface area contributed by atoms with E-state index < -0.39 is 11.6 Å². The van der Waals surface area contributed by atoms with Crippen molar-refractivity contribution in [3.05, 3.63) is 35.4 Å². The molecule has 16 heavy (non-hydrogen) atoms. The van der Waals surface area contributed by atoms with E-state index in [9.17, 15) is 8.78 Å². The highest BCUT2D eigenvalue weighted by Crippen LogP contribution is 2.40. The van der Waals surface area contributed by atoms with Crippen LogP contribution in [0.5, 0.6) is 0 Å². The summed E-state index contributed by atoms with van der Waals surface area (Å²) < 4.78 is 25.8. The lowest BCUT2D eigenvalue weighted by Crippen LogP contribution is -2.15. The molecule has 88 valence electrons. The highest BCUT2D eigenvalue weighted by molar-refractivity contribution is 9.09. The molecule has 0 aromatic heterocycles. The SMILES string of the molecule is CC(C(Br)Cc1ccc(F)c(F)c1)C1CC1. The molecule has 2 rings (SSSR count). The van der Waals surface area contributed by atoms with Crippen LogP contribution in [0.4, 0.5) is 8.78 Å². The van der Waals surface area contributed by atoms with Crippen molar-refractivity contribution < 1.29 is 8.78 Å². The maximum Gasteiger partial charge on any atom is 0.159 e. The van der Waals surface area contributed by atoms with E-state index >= 15 is 0 Å². The minimum atomic E-state index is -0.773. The van der Waals surface area contributed by atoms with Crippen LogP contribution < -0.4 is 0 Å². The summed E-state index contributed by atoms with van der Waals surface area (Å²) in [7, 11) is 0. The molecule has 1 fully saturated rings. The maximum atomic E-state index is 13.0.